The van der Waals surface area contributed by atoms with Crippen molar-refractivity contribution in [1.29, 1.82) is 0 Å². The van der Waals surface area contributed by atoms with E-state index in [1.54, 1.807) is 0 Å². The maximum absolute atomic E-state index is 12.2. The second kappa shape index (κ2) is 6.93. The number of amides is 1. The van der Waals surface area contributed by atoms with Crippen molar-refractivity contribution in [3.63, 3.8) is 0 Å². The van der Waals surface area contributed by atoms with Crippen LogP contribution in [0.4, 0.5) is 0 Å². The molecule has 1 aliphatic heterocycles. The molecule has 5 nitrogen and oxygen atoms in total. The standard InChI is InChI=1S/C12H24N2O3/c1-10(2-5-15)8-14-11(16)12(9-13)3-6-17-7-4-12/h10,15H,2-9,13H2,1H3,(H,14,16). The fraction of sp³-hybridized carbons (Fsp3) is 0.917. The number of ether oxygens (including phenoxy) is 1. The highest BCUT2D eigenvalue weighted by atomic mass is 16.5. The number of carbonyl (C=O) groups excluding carboxylic acids is 1. The van der Waals surface area contributed by atoms with Crippen molar-refractivity contribution in [3.05, 3.63) is 0 Å². The summed E-state index contributed by atoms with van der Waals surface area (Å²) in [6, 6.07) is 0. The maximum atomic E-state index is 12.2. The van der Waals surface area contributed by atoms with Crippen LogP contribution in [-0.4, -0.2) is 43.9 Å². The Morgan fingerprint density at radius 1 is 1.53 bits per heavy atom. The van der Waals surface area contributed by atoms with Crippen LogP contribution in [0, 0.1) is 11.3 Å². The average molecular weight is 244 g/mol. The molecule has 0 spiro atoms. The van der Waals surface area contributed by atoms with E-state index in [1.807, 2.05) is 6.92 Å². The molecule has 0 saturated carbocycles. The van der Waals surface area contributed by atoms with Crippen molar-refractivity contribution < 1.29 is 14.6 Å². The van der Waals surface area contributed by atoms with Crippen molar-refractivity contribution in [1.82, 2.24) is 5.32 Å². The van der Waals surface area contributed by atoms with Gasteiger partial charge in [-0.05, 0) is 25.2 Å². The molecular formula is C12H24N2O3. The van der Waals surface area contributed by atoms with Gasteiger partial charge in [-0.1, -0.05) is 6.92 Å². The van der Waals surface area contributed by atoms with Crippen molar-refractivity contribution in [2.45, 2.75) is 26.2 Å². The number of rotatable bonds is 6. The monoisotopic (exact) mass is 244 g/mol. The molecular weight excluding hydrogens is 220 g/mol. The predicted molar refractivity (Wildman–Crippen MR) is 65.4 cm³/mol. The number of aliphatic hydroxyl groups is 1. The normalized spacial score (nSPS) is 20.9. The van der Waals surface area contributed by atoms with Gasteiger partial charge in [-0.25, -0.2) is 0 Å². The fourth-order valence-electron chi connectivity index (χ4n) is 2.06. The second-order valence-electron chi connectivity index (χ2n) is 4.92. The van der Waals surface area contributed by atoms with E-state index in [0.29, 0.717) is 51.5 Å². The molecule has 1 aliphatic rings. The fourth-order valence-corrected chi connectivity index (χ4v) is 2.06. The van der Waals surface area contributed by atoms with E-state index in [0.717, 1.165) is 0 Å². The van der Waals surface area contributed by atoms with Gasteiger partial charge in [0.05, 0.1) is 5.41 Å². The van der Waals surface area contributed by atoms with Crippen molar-refractivity contribution in [2.75, 3.05) is 32.9 Å². The lowest BCUT2D eigenvalue weighted by atomic mass is 9.79. The first-order chi connectivity index (χ1) is 8.14. The largest absolute Gasteiger partial charge is 0.396 e. The molecule has 4 N–H and O–H groups in total. The molecule has 1 amide bonds. The lowest BCUT2D eigenvalue weighted by Crippen LogP contribution is -2.50. The molecule has 1 fully saturated rings. The summed E-state index contributed by atoms with van der Waals surface area (Å²) in [5.41, 5.74) is 5.30. The first-order valence-electron chi connectivity index (χ1n) is 6.31. The number of aliphatic hydroxyl groups excluding tert-OH is 1. The summed E-state index contributed by atoms with van der Waals surface area (Å²) in [7, 11) is 0. The van der Waals surface area contributed by atoms with E-state index in [2.05, 4.69) is 5.32 Å². The summed E-state index contributed by atoms with van der Waals surface area (Å²) in [4.78, 5) is 12.2. The molecule has 17 heavy (non-hydrogen) atoms. The summed E-state index contributed by atoms with van der Waals surface area (Å²) in [5.74, 6) is 0.326. The van der Waals surface area contributed by atoms with Crippen LogP contribution in [0.3, 0.4) is 0 Å². The van der Waals surface area contributed by atoms with Crippen LogP contribution in [0.1, 0.15) is 26.2 Å². The molecule has 1 saturated heterocycles. The first kappa shape index (κ1) is 14.4. The Morgan fingerprint density at radius 2 is 2.18 bits per heavy atom. The molecule has 0 bridgehead atoms. The predicted octanol–water partition coefficient (Wildman–Crippen LogP) is -0.123. The van der Waals surface area contributed by atoms with Gasteiger partial charge in [0.2, 0.25) is 5.91 Å². The molecule has 1 rings (SSSR count). The minimum atomic E-state index is -0.447. The summed E-state index contributed by atoms with van der Waals surface area (Å²) >= 11 is 0. The first-order valence-corrected chi connectivity index (χ1v) is 6.31. The third-order valence-electron chi connectivity index (χ3n) is 3.56. The number of carbonyl (C=O) groups is 1. The van der Waals surface area contributed by atoms with Gasteiger partial charge in [-0.2, -0.15) is 0 Å². The van der Waals surface area contributed by atoms with Gasteiger partial charge in [0, 0.05) is 32.9 Å². The molecule has 1 heterocycles. The van der Waals surface area contributed by atoms with Crippen molar-refractivity contribution in [2.24, 2.45) is 17.1 Å². The van der Waals surface area contributed by atoms with E-state index < -0.39 is 5.41 Å². The molecule has 5 heteroatoms. The molecule has 0 aromatic rings. The van der Waals surface area contributed by atoms with Gasteiger partial charge in [-0.15, -0.1) is 0 Å². The minimum absolute atomic E-state index is 0.0353. The topological polar surface area (TPSA) is 84.6 Å². The summed E-state index contributed by atoms with van der Waals surface area (Å²) in [5, 5.41) is 11.7. The van der Waals surface area contributed by atoms with E-state index in [1.165, 1.54) is 0 Å². The van der Waals surface area contributed by atoms with Gasteiger partial charge < -0.3 is 20.9 Å². The Morgan fingerprint density at radius 3 is 2.71 bits per heavy atom. The quantitative estimate of drug-likeness (QED) is 0.608. The zero-order valence-corrected chi connectivity index (χ0v) is 10.6. The van der Waals surface area contributed by atoms with Crippen LogP contribution in [0.5, 0.6) is 0 Å². The van der Waals surface area contributed by atoms with E-state index in [9.17, 15) is 4.79 Å². The van der Waals surface area contributed by atoms with Crippen LogP contribution < -0.4 is 11.1 Å². The summed E-state index contributed by atoms with van der Waals surface area (Å²) in [6.07, 6.45) is 2.10. The van der Waals surface area contributed by atoms with Crippen LogP contribution in [0.15, 0.2) is 0 Å². The lowest BCUT2D eigenvalue weighted by molar-refractivity contribution is -0.136. The Hall–Kier alpha value is -0.650. The number of nitrogens with one attached hydrogen (secondary N) is 1. The van der Waals surface area contributed by atoms with Crippen LogP contribution >= 0.6 is 0 Å². The smallest absolute Gasteiger partial charge is 0.227 e. The third kappa shape index (κ3) is 3.94. The number of hydrogen-bond acceptors (Lipinski definition) is 4. The summed E-state index contributed by atoms with van der Waals surface area (Å²) < 4.78 is 5.27. The molecule has 0 radical (unpaired) electrons. The molecule has 1 unspecified atom stereocenters. The third-order valence-corrected chi connectivity index (χ3v) is 3.56. The minimum Gasteiger partial charge on any atom is -0.396 e. The zero-order valence-electron chi connectivity index (χ0n) is 10.6. The molecule has 1 atom stereocenters. The van der Waals surface area contributed by atoms with Gasteiger partial charge in [0.15, 0.2) is 0 Å². The van der Waals surface area contributed by atoms with E-state index >= 15 is 0 Å². The highest BCUT2D eigenvalue weighted by molar-refractivity contribution is 5.83. The van der Waals surface area contributed by atoms with E-state index in [-0.39, 0.29) is 12.5 Å². The van der Waals surface area contributed by atoms with Gasteiger partial charge in [-0.3, -0.25) is 4.79 Å². The number of nitrogens with two attached hydrogens (primary N) is 1. The highest BCUT2D eigenvalue weighted by Crippen LogP contribution is 2.29. The molecule has 0 aromatic heterocycles. The Labute approximate surface area is 103 Å². The summed E-state index contributed by atoms with van der Waals surface area (Å²) in [6.45, 7) is 4.36. The van der Waals surface area contributed by atoms with E-state index in [4.69, 9.17) is 15.6 Å². The highest BCUT2D eigenvalue weighted by Gasteiger charge is 2.38. The maximum Gasteiger partial charge on any atom is 0.227 e. The SMILES string of the molecule is CC(CCO)CNC(=O)C1(CN)CCOCC1. The van der Waals surface area contributed by atoms with Crippen molar-refractivity contribution in [3.8, 4) is 0 Å². The molecule has 0 aliphatic carbocycles. The van der Waals surface area contributed by atoms with Crippen LogP contribution in [0.2, 0.25) is 0 Å². The number of hydrogen-bond donors (Lipinski definition) is 3. The van der Waals surface area contributed by atoms with Crippen LogP contribution in [0.25, 0.3) is 0 Å². The lowest BCUT2D eigenvalue weighted by Gasteiger charge is -2.34. The average Bonchev–Trinajstić information content (AvgIpc) is 2.37. The molecule has 100 valence electrons. The van der Waals surface area contributed by atoms with Crippen molar-refractivity contribution >= 4 is 5.91 Å². The van der Waals surface area contributed by atoms with Crippen LogP contribution in [-0.2, 0) is 9.53 Å². The Bertz CT molecular complexity index is 240. The van der Waals surface area contributed by atoms with Gasteiger partial charge >= 0.3 is 0 Å². The molecule has 0 aromatic carbocycles. The zero-order chi connectivity index (χ0) is 12.7. The Balaban J connectivity index is 2.43. The van der Waals surface area contributed by atoms with Gasteiger partial charge in [0.25, 0.3) is 0 Å². The van der Waals surface area contributed by atoms with Gasteiger partial charge in [0.1, 0.15) is 0 Å². The second-order valence-corrected chi connectivity index (χ2v) is 4.92. The Kier molecular flexibility index (Phi) is 5.88.